The molecule has 140 valence electrons. The second-order valence-corrected chi connectivity index (χ2v) is 7.69. The molecule has 0 unspecified atom stereocenters. The van der Waals surface area contributed by atoms with Crippen LogP contribution in [0.3, 0.4) is 0 Å². The van der Waals surface area contributed by atoms with E-state index in [1.54, 1.807) is 0 Å². The van der Waals surface area contributed by atoms with Gasteiger partial charge >= 0.3 is 0 Å². The maximum absolute atomic E-state index is 13.5. The highest BCUT2D eigenvalue weighted by Gasteiger charge is 2.43. The Hall–Kier alpha value is -2.96. The number of thiophene rings is 1. The van der Waals surface area contributed by atoms with Crippen LogP contribution < -0.4 is 4.90 Å². The summed E-state index contributed by atoms with van der Waals surface area (Å²) in [6, 6.07) is 17.3. The summed E-state index contributed by atoms with van der Waals surface area (Å²) in [5, 5.41) is 3.82. The highest BCUT2D eigenvalue weighted by Crippen LogP contribution is 2.38. The van der Waals surface area contributed by atoms with Crippen LogP contribution in [0.25, 0.3) is 16.3 Å². The van der Waals surface area contributed by atoms with Crippen molar-refractivity contribution in [1.82, 2.24) is 4.90 Å². The molecule has 0 radical (unpaired) electrons. The Morgan fingerprint density at radius 3 is 2.43 bits per heavy atom. The van der Waals surface area contributed by atoms with E-state index < -0.39 is 0 Å². The lowest BCUT2D eigenvalue weighted by Gasteiger charge is -2.29. The summed E-state index contributed by atoms with van der Waals surface area (Å²) in [6.07, 6.45) is 0. The first-order valence-corrected chi connectivity index (χ1v) is 10.1. The Morgan fingerprint density at radius 1 is 0.857 bits per heavy atom. The largest absolute Gasteiger partial charge is 0.378 e. The average molecular weight is 390 g/mol. The molecule has 5 rings (SSSR count). The maximum atomic E-state index is 13.5. The van der Waals surface area contributed by atoms with Crippen molar-refractivity contribution in [1.29, 1.82) is 0 Å². The number of fused-ring (bicyclic) bond motifs is 1. The molecular weight excluding hydrogens is 372 g/mol. The molecule has 1 aromatic heterocycles. The molecular formula is C22H18N2O3S. The second-order valence-electron chi connectivity index (χ2n) is 6.74. The summed E-state index contributed by atoms with van der Waals surface area (Å²) in [5.41, 5.74) is 1.61. The Bertz CT molecular complexity index is 1090. The van der Waals surface area contributed by atoms with Crippen LogP contribution in [-0.4, -0.2) is 43.0 Å². The van der Waals surface area contributed by atoms with Crippen LogP contribution in [0.15, 0.2) is 65.7 Å². The van der Waals surface area contributed by atoms with E-state index >= 15 is 0 Å². The number of amides is 2. The van der Waals surface area contributed by atoms with Gasteiger partial charge in [0.1, 0.15) is 5.70 Å². The average Bonchev–Trinajstić information content (AvgIpc) is 3.34. The highest BCUT2D eigenvalue weighted by molar-refractivity contribution is 7.11. The van der Waals surface area contributed by atoms with Gasteiger partial charge in [0.15, 0.2) is 0 Å². The van der Waals surface area contributed by atoms with Gasteiger partial charge in [0.2, 0.25) is 0 Å². The van der Waals surface area contributed by atoms with E-state index in [1.165, 1.54) is 16.2 Å². The quantitative estimate of drug-likeness (QED) is 0.642. The number of hydrogen-bond acceptors (Lipinski definition) is 5. The molecule has 3 aromatic rings. The number of imide groups is 1. The summed E-state index contributed by atoms with van der Waals surface area (Å²) in [4.78, 5) is 31.2. The molecule has 5 nitrogen and oxygen atoms in total. The van der Waals surface area contributed by atoms with Gasteiger partial charge in [0, 0.05) is 23.4 Å². The van der Waals surface area contributed by atoms with Crippen LogP contribution in [0.4, 0.5) is 5.69 Å². The number of morpholine rings is 1. The minimum atomic E-state index is -0.259. The van der Waals surface area contributed by atoms with Gasteiger partial charge in [-0.2, -0.15) is 0 Å². The highest BCUT2D eigenvalue weighted by atomic mass is 32.1. The zero-order valence-electron chi connectivity index (χ0n) is 15.1. The van der Waals surface area contributed by atoms with Crippen LogP contribution in [-0.2, 0) is 14.3 Å². The van der Waals surface area contributed by atoms with E-state index in [2.05, 4.69) is 0 Å². The first-order valence-electron chi connectivity index (χ1n) is 9.23. The molecule has 6 heteroatoms. The van der Waals surface area contributed by atoms with Crippen LogP contribution in [0.5, 0.6) is 0 Å². The van der Waals surface area contributed by atoms with Crippen LogP contribution >= 0.6 is 11.3 Å². The minimum absolute atomic E-state index is 0.258. The number of carbonyl (C=O) groups is 2. The van der Waals surface area contributed by atoms with Gasteiger partial charge in [-0.05, 0) is 22.9 Å². The summed E-state index contributed by atoms with van der Waals surface area (Å²) < 4.78 is 5.44. The number of rotatable bonds is 3. The lowest BCUT2D eigenvalue weighted by Crippen LogP contribution is -2.40. The van der Waals surface area contributed by atoms with Crippen molar-refractivity contribution in [2.45, 2.75) is 0 Å². The van der Waals surface area contributed by atoms with Gasteiger partial charge in [0.25, 0.3) is 11.8 Å². The fourth-order valence-electron chi connectivity index (χ4n) is 3.86. The molecule has 0 saturated carbocycles. The molecule has 0 atom stereocenters. The van der Waals surface area contributed by atoms with Crippen molar-refractivity contribution in [3.63, 3.8) is 0 Å². The fraction of sp³-hybridized carbons (Fsp3) is 0.182. The zero-order chi connectivity index (χ0) is 19.1. The van der Waals surface area contributed by atoms with Gasteiger partial charge in [-0.1, -0.05) is 42.5 Å². The summed E-state index contributed by atoms with van der Waals surface area (Å²) in [6.45, 7) is 2.31. The van der Waals surface area contributed by atoms with Crippen LogP contribution in [0.2, 0.25) is 0 Å². The second kappa shape index (κ2) is 6.89. The third kappa shape index (κ3) is 2.65. The molecule has 0 spiro atoms. The van der Waals surface area contributed by atoms with Crippen molar-refractivity contribution in [2.24, 2.45) is 0 Å². The molecule has 1 saturated heterocycles. The summed E-state index contributed by atoms with van der Waals surface area (Å²) in [5.74, 6) is -0.517. The molecule has 2 aromatic carbocycles. The third-order valence-corrected chi connectivity index (χ3v) is 6.05. The number of benzene rings is 2. The fourth-order valence-corrected chi connectivity index (χ4v) is 4.63. The van der Waals surface area contributed by atoms with E-state index in [1.807, 2.05) is 64.9 Å². The van der Waals surface area contributed by atoms with Crippen LogP contribution in [0.1, 0.15) is 4.88 Å². The minimum Gasteiger partial charge on any atom is -0.378 e. The van der Waals surface area contributed by atoms with Crippen molar-refractivity contribution in [3.05, 3.63) is 70.6 Å². The summed E-state index contributed by atoms with van der Waals surface area (Å²) >= 11 is 1.48. The third-order valence-electron chi connectivity index (χ3n) is 5.16. The van der Waals surface area contributed by atoms with Crippen LogP contribution in [0, 0.1) is 0 Å². The van der Waals surface area contributed by atoms with Gasteiger partial charge in [0.05, 0.1) is 24.5 Å². The Morgan fingerprint density at radius 2 is 1.64 bits per heavy atom. The van der Waals surface area contributed by atoms with E-state index in [0.29, 0.717) is 43.3 Å². The van der Waals surface area contributed by atoms with Gasteiger partial charge < -0.3 is 9.64 Å². The number of ether oxygens (including phenoxy) is 1. The Balaban J connectivity index is 1.67. The molecule has 0 bridgehead atoms. The molecule has 28 heavy (non-hydrogen) atoms. The number of anilines is 1. The molecule has 2 aliphatic heterocycles. The molecule has 2 aliphatic rings. The van der Waals surface area contributed by atoms with Crippen molar-refractivity contribution >= 4 is 45.2 Å². The predicted octanol–water partition coefficient (Wildman–Crippen LogP) is 3.52. The number of nitrogens with zero attached hydrogens (tertiary/aromatic N) is 2. The molecule has 2 amide bonds. The lowest BCUT2D eigenvalue weighted by atomic mass is 10.1. The van der Waals surface area contributed by atoms with E-state index in [4.69, 9.17) is 4.74 Å². The molecule has 3 heterocycles. The standard InChI is InChI=1S/C22H18N2O3S/c25-21-19(18-9-4-14-28-18)20(23-10-12-27-13-11-23)22(26)24(21)17-8-3-6-15-5-1-2-7-16(15)17/h1-9,14H,10-13H2. The monoisotopic (exact) mass is 390 g/mol. The number of carbonyl (C=O) groups excluding carboxylic acids is 2. The molecule has 1 fully saturated rings. The molecule has 0 N–H and O–H groups in total. The van der Waals surface area contributed by atoms with Crippen molar-refractivity contribution in [3.8, 4) is 0 Å². The van der Waals surface area contributed by atoms with E-state index in [0.717, 1.165) is 15.6 Å². The first kappa shape index (κ1) is 17.2. The lowest BCUT2D eigenvalue weighted by molar-refractivity contribution is -0.121. The first-order chi connectivity index (χ1) is 13.8. The topological polar surface area (TPSA) is 49.9 Å². The van der Waals surface area contributed by atoms with Crippen molar-refractivity contribution < 1.29 is 14.3 Å². The maximum Gasteiger partial charge on any atom is 0.282 e. The van der Waals surface area contributed by atoms with Crippen molar-refractivity contribution in [2.75, 3.05) is 31.2 Å². The SMILES string of the molecule is O=C1C(c2cccs2)=C(N2CCOCC2)C(=O)N1c1cccc2ccccc12. The van der Waals surface area contributed by atoms with Gasteiger partial charge in [-0.3, -0.25) is 9.59 Å². The van der Waals surface area contributed by atoms with E-state index in [9.17, 15) is 9.59 Å². The van der Waals surface area contributed by atoms with Gasteiger partial charge in [-0.15, -0.1) is 11.3 Å². The van der Waals surface area contributed by atoms with Gasteiger partial charge in [-0.25, -0.2) is 4.90 Å². The normalized spacial score (nSPS) is 17.9. The smallest absolute Gasteiger partial charge is 0.282 e. The van der Waals surface area contributed by atoms with E-state index in [-0.39, 0.29) is 11.8 Å². The zero-order valence-corrected chi connectivity index (χ0v) is 15.9. The predicted molar refractivity (Wildman–Crippen MR) is 110 cm³/mol. The number of hydrogen-bond donors (Lipinski definition) is 0. The summed E-state index contributed by atoms with van der Waals surface area (Å²) in [7, 11) is 0. The molecule has 0 aliphatic carbocycles. The Kier molecular flexibility index (Phi) is 4.22. The Labute approximate surface area is 166 Å².